The molecular formula is C19H23N3O3. The SMILES string of the molecule is COc1ccccc1CNC(=O)N1CCN(c2ccc(O)cc2)CC1. The molecule has 0 bridgehead atoms. The third-order valence-electron chi connectivity index (χ3n) is 4.40. The van der Waals surface area contributed by atoms with Crippen molar-refractivity contribution in [3.05, 3.63) is 54.1 Å². The molecule has 0 aliphatic carbocycles. The number of hydrogen-bond acceptors (Lipinski definition) is 4. The Morgan fingerprint density at radius 1 is 1.08 bits per heavy atom. The number of carbonyl (C=O) groups excluding carboxylic acids is 1. The molecule has 0 atom stereocenters. The number of amides is 2. The van der Waals surface area contributed by atoms with E-state index >= 15 is 0 Å². The first-order chi connectivity index (χ1) is 12.2. The molecule has 0 aromatic heterocycles. The molecular weight excluding hydrogens is 318 g/mol. The predicted molar refractivity (Wildman–Crippen MR) is 97.1 cm³/mol. The van der Waals surface area contributed by atoms with Crippen LogP contribution in [0.3, 0.4) is 0 Å². The third-order valence-corrected chi connectivity index (χ3v) is 4.40. The minimum Gasteiger partial charge on any atom is -0.508 e. The van der Waals surface area contributed by atoms with E-state index in [4.69, 9.17) is 4.74 Å². The fourth-order valence-corrected chi connectivity index (χ4v) is 2.96. The van der Waals surface area contributed by atoms with E-state index in [1.54, 1.807) is 19.2 Å². The van der Waals surface area contributed by atoms with E-state index in [2.05, 4.69) is 10.2 Å². The zero-order valence-corrected chi connectivity index (χ0v) is 14.3. The minimum absolute atomic E-state index is 0.0590. The summed E-state index contributed by atoms with van der Waals surface area (Å²) in [6.45, 7) is 3.32. The van der Waals surface area contributed by atoms with Crippen LogP contribution in [0, 0.1) is 0 Å². The molecule has 6 heteroatoms. The van der Waals surface area contributed by atoms with Crippen LogP contribution in [0.4, 0.5) is 10.5 Å². The second kappa shape index (κ2) is 7.79. The zero-order valence-electron chi connectivity index (χ0n) is 14.3. The number of nitrogens with one attached hydrogen (secondary N) is 1. The highest BCUT2D eigenvalue weighted by atomic mass is 16.5. The van der Waals surface area contributed by atoms with Gasteiger partial charge in [-0.15, -0.1) is 0 Å². The van der Waals surface area contributed by atoms with Gasteiger partial charge < -0.3 is 25.0 Å². The van der Waals surface area contributed by atoms with Crippen LogP contribution in [0.15, 0.2) is 48.5 Å². The minimum atomic E-state index is -0.0590. The van der Waals surface area contributed by atoms with E-state index in [9.17, 15) is 9.90 Å². The molecule has 3 rings (SSSR count). The summed E-state index contributed by atoms with van der Waals surface area (Å²) in [7, 11) is 1.63. The van der Waals surface area contributed by atoms with Crippen LogP contribution in [0.1, 0.15) is 5.56 Å². The molecule has 2 amide bonds. The van der Waals surface area contributed by atoms with E-state index < -0.39 is 0 Å². The van der Waals surface area contributed by atoms with Crippen LogP contribution >= 0.6 is 0 Å². The van der Waals surface area contributed by atoms with Crippen LogP contribution in [0.25, 0.3) is 0 Å². The van der Waals surface area contributed by atoms with Crippen molar-refractivity contribution in [2.45, 2.75) is 6.54 Å². The Balaban J connectivity index is 1.50. The topological polar surface area (TPSA) is 65.0 Å². The average Bonchev–Trinajstić information content (AvgIpc) is 2.67. The molecule has 0 saturated carbocycles. The largest absolute Gasteiger partial charge is 0.508 e. The van der Waals surface area contributed by atoms with Gasteiger partial charge in [-0.2, -0.15) is 0 Å². The molecule has 1 heterocycles. The van der Waals surface area contributed by atoms with Gasteiger partial charge in [0.2, 0.25) is 0 Å². The molecule has 2 aromatic rings. The molecule has 1 saturated heterocycles. The zero-order chi connectivity index (χ0) is 17.6. The van der Waals surface area contributed by atoms with Crippen molar-refractivity contribution in [1.82, 2.24) is 10.2 Å². The molecule has 2 N–H and O–H groups in total. The number of urea groups is 1. The Labute approximate surface area is 147 Å². The van der Waals surface area contributed by atoms with Crippen molar-refractivity contribution < 1.29 is 14.6 Å². The lowest BCUT2D eigenvalue weighted by Gasteiger charge is -2.36. The molecule has 2 aromatic carbocycles. The van der Waals surface area contributed by atoms with Crippen molar-refractivity contribution in [2.75, 3.05) is 38.2 Å². The maximum absolute atomic E-state index is 12.4. The maximum Gasteiger partial charge on any atom is 0.317 e. The number of anilines is 1. The summed E-state index contributed by atoms with van der Waals surface area (Å²) in [4.78, 5) is 16.4. The van der Waals surface area contributed by atoms with Gasteiger partial charge in [-0.25, -0.2) is 4.79 Å². The Morgan fingerprint density at radius 2 is 1.76 bits per heavy atom. The van der Waals surface area contributed by atoms with Crippen molar-refractivity contribution >= 4 is 11.7 Å². The monoisotopic (exact) mass is 341 g/mol. The van der Waals surface area contributed by atoms with Gasteiger partial charge in [0.25, 0.3) is 0 Å². The lowest BCUT2D eigenvalue weighted by molar-refractivity contribution is 0.194. The number of carbonyl (C=O) groups is 1. The number of benzene rings is 2. The number of nitrogens with zero attached hydrogens (tertiary/aromatic N) is 2. The molecule has 0 unspecified atom stereocenters. The Kier molecular flexibility index (Phi) is 5.28. The summed E-state index contributed by atoms with van der Waals surface area (Å²) in [5, 5.41) is 12.3. The van der Waals surface area contributed by atoms with E-state index in [0.29, 0.717) is 19.6 Å². The third kappa shape index (κ3) is 4.15. The number of ether oxygens (including phenoxy) is 1. The number of rotatable bonds is 4. The van der Waals surface area contributed by atoms with Crippen molar-refractivity contribution in [3.8, 4) is 11.5 Å². The van der Waals surface area contributed by atoms with Gasteiger partial charge in [-0.1, -0.05) is 18.2 Å². The van der Waals surface area contributed by atoms with E-state index in [1.807, 2.05) is 41.3 Å². The molecule has 132 valence electrons. The Bertz CT molecular complexity index is 710. The number of piperazine rings is 1. The molecule has 0 radical (unpaired) electrons. The highest BCUT2D eigenvalue weighted by Crippen LogP contribution is 2.20. The molecule has 1 fully saturated rings. The van der Waals surface area contributed by atoms with Gasteiger partial charge in [0.15, 0.2) is 0 Å². The normalized spacial score (nSPS) is 14.3. The van der Waals surface area contributed by atoms with Crippen molar-refractivity contribution in [1.29, 1.82) is 0 Å². The van der Waals surface area contributed by atoms with Gasteiger partial charge in [0.1, 0.15) is 11.5 Å². The number of aromatic hydroxyl groups is 1. The highest BCUT2D eigenvalue weighted by molar-refractivity contribution is 5.74. The van der Waals surface area contributed by atoms with Crippen LogP contribution in [-0.4, -0.2) is 49.3 Å². The van der Waals surface area contributed by atoms with Gasteiger partial charge in [0, 0.05) is 44.0 Å². The number of methoxy groups -OCH3 is 1. The summed E-state index contributed by atoms with van der Waals surface area (Å²) in [6.07, 6.45) is 0. The van der Waals surface area contributed by atoms with Crippen LogP contribution in [0.5, 0.6) is 11.5 Å². The molecule has 1 aliphatic rings. The van der Waals surface area contributed by atoms with E-state index in [1.165, 1.54) is 0 Å². The van der Waals surface area contributed by atoms with Gasteiger partial charge in [-0.05, 0) is 30.3 Å². The van der Waals surface area contributed by atoms with Crippen molar-refractivity contribution in [3.63, 3.8) is 0 Å². The van der Waals surface area contributed by atoms with Gasteiger partial charge in [0.05, 0.1) is 7.11 Å². The van der Waals surface area contributed by atoms with Gasteiger partial charge in [-0.3, -0.25) is 0 Å². The second-order valence-corrected chi connectivity index (χ2v) is 5.96. The maximum atomic E-state index is 12.4. The molecule has 1 aliphatic heterocycles. The van der Waals surface area contributed by atoms with Crippen LogP contribution in [0.2, 0.25) is 0 Å². The number of phenolic OH excluding ortho intramolecular Hbond substituents is 1. The molecule has 0 spiro atoms. The second-order valence-electron chi connectivity index (χ2n) is 5.96. The number of para-hydroxylation sites is 1. The summed E-state index contributed by atoms with van der Waals surface area (Å²) >= 11 is 0. The van der Waals surface area contributed by atoms with Crippen LogP contribution in [-0.2, 0) is 6.54 Å². The first kappa shape index (κ1) is 17.0. The van der Waals surface area contributed by atoms with Gasteiger partial charge >= 0.3 is 6.03 Å². The summed E-state index contributed by atoms with van der Waals surface area (Å²) < 4.78 is 5.31. The summed E-state index contributed by atoms with van der Waals surface area (Å²) in [6, 6.07) is 14.8. The standard InChI is InChI=1S/C19H23N3O3/c1-25-18-5-3-2-4-15(18)14-20-19(24)22-12-10-21(11-13-22)16-6-8-17(23)9-7-16/h2-9,23H,10-14H2,1H3,(H,20,24). The highest BCUT2D eigenvalue weighted by Gasteiger charge is 2.21. The summed E-state index contributed by atoms with van der Waals surface area (Å²) in [5.74, 6) is 1.04. The fourth-order valence-electron chi connectivity index (χ4n) is 2.96. The molecule has 25 heavy (non-hydrogen) atoms. The van der Waals surface area contributed by atoms with Crippen LogP contribution < -0.4 is 15.0 Å². The van der Waals surface area contributed by atoms with Crippen molar-refractivity contribution in [2.24, 2.45) is 0 Å². The first-order valence-electron chi connectivity index (χ1n) is 8.36. The fraction of sp³-hybridized carbons (Fsp3) is 0.316. The summed E-state index contributed by atoms with van der Waals surface area (Å²) in [5.41, 5.74) is 2.02. The van der Waals surface area contributed by atoms with E-state index in [-0.39, 0.29) is 11.8 Å². The first-order valence-corrected chi connectivity index (χ1v) is 8.36. The average molecular weight is 341 g/mol. The lowest BCUT2D eigenvalue weighted by Crippen LogP contribution is -2.51. The van der Waals surface area contributed by atoms with E-state index in [0.717, 1.165) is 30.1 Å². The predicted octanol–water partition coefficient (Wildman–Crippen LogP) is 2.43. The number of hydrogen-bond donors (Lipinski definition) is 2. The lowest BCUT2D eigenvalue weighted by atomic mass is 10.2. The smallest absolute Gasteiger partial charge is 0.317 e. The number of phenols is 1. The quantitative estimate of drug-likeness (QED) is 0.896. The molecule has 6 nitrogen and oxygen atoms in total. The Morgan fingerprint density at radius 3 is 2.44 bits per heavy atom. The Hall–Kier alpha value is -2.89.